The molecular formula is C14H14Cl2O2S. The fourth-order valence-electron chi connectivity index (χ4n) is 1.77. The van der Waals surface area contributed by atoms with E-state index in [1.165, 1.54) is 11.3 Å². The first-order valence-corrected chi connectivity index (χ1v) is 7.46. The average Bonchev–Trinajstić information content (AvgIpc) is 2.79. The van der Waals surface area contributed by atoms with Gasteiger partial charge in [-0.05, 0) is 32.0 Å². The molecule has 2 rings (SSSR count). The first-order chi connectivity index (χ1) is 9.02. The molecule has 0 saturated heterocycles. The predicted molar refractivity (Wildman–Crippen MR) is 80.7 cm³/mol. The van der Waals surface area contributed by atoms with Crippen LogP contribution in [0, 0.1) is 6.92 Å². The number of hydrogen-bond acceptors (Lipinski definition) is 3. The molecule has 0 amide bonds. The van der Waals surface area contributed by atoms with Crippen LogP contribution in [0.4, 0.5) is 0 Å². The average molecular weight is 317 g/mol. The lowest BCUT2D eigenvalue weighted by atomic mass is 10.1. The van der Waals surface area contributed by atoms with E-state index in [4.69, 9.17) is 27.9 Å². The number of aliphatic hydroxyl groups excluding tert-OH is 1. The molecule has 0 aliphatic rings. The van der Waals surface area contributed by atoms with Crippen LogP contribution in [0.5, 0.6) is 5.75 Å². The molecule has 0 aliphatic carbocycles. The van der Waals surface area contributed by atoms with Crippen molar-refractivity contribution in [1.82, 2.24) is 0 Å². The van der Waals surface area contributed by atoms with E-state index in [2.05, 4.69) is 0 Å². The van der Waals surface area contributed by atoms with Gasteiger partial charge in [-0.2, -0.15) is 0 Å². The number of benzene rings is 1. The number of halogens is 2. The summed E-state index contributed by atoms with van der Waals surface area (Å²) >= 11 is 13.9. The lowest BCUT2D eigenvalue weighted by Gasteiger charge is -2.14. The quantitative estimate of drug-likeness (QED) is 0.874. The highest BCUT2D eigenvalue weighted by molar-refractivity contribution is 7.12. The van der Waals surface area contributed by atoms with Gasteiger partial charge in [0, 0.05) is 21.4 Å². The highest BCUT2D eigenvalue weighted by Crippen LogP contribution is 2.37. The van der Waals surface area contributed by atoms with Crippen molar-refractivity contribution < 1.29 is 9.84 Å². The van der Waals surface area contributed by atoms with E-state index in [9.17, 15) is 5.11 Å². The van der Waals surface area contributed by atoms with Crippen LogP contribution < -0.4 is 4.74 Å². The van der Waals surface area contributed by atoms with Crippen LogP contribution in [0.2, 0.25) is 10.0 Å². The lowest BCUT2D eigenvalue weighted by molar-refractivity contribution is 0.224. The molecule has 1 atom stereocenters. The van der Waals surface area contributed by atoms with Crippen LogP contribution in [-0.2, 0) is 0 Å². The third-order valence-corrected chi connectivity index (χ3v) is 4.35. The molecule has 2 aromatic rings. The topological polar surface area (TPSA) is 29.5 Å². The Hall–Kier alpha value is -0.740. The second-order valence-electron chi connectivity index (χ2n) is 4.09. The summed E-state index contributed by atoms with van der Waals surface area (Å²) in [5.41, 5.74) is 0.594. The van der Waals surface area contributed by atoms with Gasteiger partial charge in [-0.1, -0.05) is 23.2 Å². The van der Waals surface area contributed by atoms with Crippen LogP contribution >= 0.6 is 34.5 Å². The summed E-state index contributed by atoms with van der Waals surface area (Å²) in [4.78, 5) is 1.99. The molecule has 1 aromatic carbocycles. The molecule has 0 bridgehead atoms. The maximum Gasteiger partial charge on any atom is 0.139 e. The van der Waals surface area contributed by atoms with Gasteiger partial charge in [-0.25, -0.2) is 0 Å². The largest absolute Gasteiger partial charge is 0.492 e. The minimum atomic E-state index is -0.764. The molecule has 0 spiro atoms. The van der Waals surface area contributed by atoms with Crippen molar-refractivity contribution in [2.24, 2.45) is 0 Å². The minimum absolute atomic E-state index is 0.450. The second-order valence-corrected chi connectivity index (χ2v) is 6.22. The van der Waals surface area contributed by atoms with E-state index in [1.54, 1.807) is 12.1 Å². The zero-order valence-electron chi connectivity index (χ0n) is 10.6. The van der Waals surface area contributed by atoms with Gasteiger partial charge < -0.3 is 9.84 Å². The van der Waals surface area contributed by atoms with E-state index in [0.717, 1.165) is 9.75 Å². The monoisotopic (exact) mass is 316 g/mol. The van der Waals surface area contributed by atoms with Crippen molar-refractivity contribution in [2.45, 2.75) is 20.0 Å². The van der Waals surface area contributed by atoms with E-state index < -0.39 is 6.10 Å². The van der Waals surface area contributed by atoms with Gasteiger partial charge in [-0.15, -0.1) is 11.3 Å². The van der Waals surface area contributed by atoms with Gasteiger partial charge in [0.25, 0.3) is 0 Å². The van der Waals surface area contributed by atoms with Crippen molar-refractivity contribution >= 4 is 34.5 Å². The van der Waals surface area contributed by atoms with Gasteiger partial charge in [-0.3, -0.25) is 0 Å². The second kappa shape index (κ2) is 6.14. The van der Waals surface area contributed by atoms with E-state index >= 15 is 0 Å². The van der Waals surface area contributed by atoms with Crippen LogP contribution in [0.1, 0.15) is 28.3 Å². The summed E-state index contributed by atoms with van der Waals surface area (Å²) in [5.74, 6) is 0.535. The molecule has 1 heterocycles. The van der Waals surface area contributed by atoms with Gasteiger partial charge in [0.05, 0.1) is 16.7 Å². The van der Waals surface area contributed by atoms with Crippen molar-refractivity contribution in [3.8, 4) is 5.75 Å². The number of thiophene rings is 1. The molecule has 2 nitrogen and oxygen atoms in total. The summed E-state index contributed by atoms with van der Waals surface area (Å²) in [6.07, 6.45) is -0.764. The highest BCUT2D eigenvalue weighted by atomic mass is 35.5. The fourth-order valence-corrected chi connectivity index (χ4v) is 3.14. The van der Waals surface area contributed by atoms with Crippen molar-refractivity contribution in [3.63, 3.8) is 0 Å². The third kappa shape index (κ3) is 3.23. The molecule has 1 unspecified atom stereocenters. The van der Waals surface area contributed by atoms with Gasteiger partial charge in [0.1, 0.15) is 11.9 Å². The molecular weight excluding hydrogens is 303 g/mol. The van der Waals surface area contributed by atoms with Crippen LogP contribution in [-0.4, -0.2) is 11.7 Å². The Balaban J connectivity index is 2.37. The van der Waals surface area contributed by atoms with Gasteiger partial charge in [0.15, 0.2) is 0 Å². The molecule has 0 saturated carbocycles. The first-order valence-electron chi connectivity index (χ1n) is 5.89. The maximum absolute atomic E-state index is 10.4. The van der Waals surface area contributed by atoms with Crippen molar-refractivity contribution in [1.29, 1.82) is 0 Å². The van der Waals surface area contributed by atoms with Crippen molar-refractivity contribution in [3.05, 3.63) is 49.6 Å². The SMILES string of the molecule is CCOc1cc(Cl)c(C(O)c2ccc(C)s2)cc1Cl. The van der Waals surface area contributed by atoms with Gasteiger partial charge in [0.2, 0.25) is 0 Å². The Labute approximate surface area is 126 Å². The number of ether oxygens (including phenoxy) is 1. The molecule has 0 aliphatic heterocycles. The van der Waals surface area contributed by atoms with E-state index in [-0.39, 0.29) is 0 Å². The first kappa shape index (κ1) is 14.7. The van der Waals surface area contributed by atoms with Crippen LogP contribution in [0.15, 0.2) is 24.3 Å². The summed E-state index contributed by atoms with van der Waals surface area (Å²) in [6.45, 7) is 4.39. The Morgan fingerprint density at radius 1 is 1.26 bits per heavy atom. The third-order valence-electron chi connectivity index (χ3n) is 2.68. The number of rotatable bonds is 4. The molecule has 19 heavy (non-hydrogen) atoms. The predicted octanol–water partition coefficient (Wildman–Crippen LogP) is 4.84. The zero-order chi connectivity index (χ0) is 14.0. The van der Waals surface area contributed by atoms with E-state index in [0.29, 0.717) is 28.0 Å². The normalized spacial score (nSPS) is 12.5. The minimum Gasteiger partial charge on any atom is -0.492 e. The van der Waals surface area contributed by atoms with Crippen LogP contribution in [0.3, 0.4) is 0 Å². The standard InChI is InChI=1S/C14H14Cl2O2S/c1-3-18-12-7-10(15)9(6-11(12)16)14(17)13-5-4-8(2)19-13/h4-7,14,17H,3H2,1-2H3. The molecule has 1 N–H and O–H groups in total. The Morgan fingerprint density at radius 3 is 2.58 bits per heavy atom. The Bertz CT molecular complexity index is 581. The number of aryl methyl sites for hydroxylation is 1. The highest BCUT2D eigenvalue weighted by Gasteiger charge is 2.18. The number of aliphatic hydroxyl groups is 1. The lowest BCUT2D eigenvalue weighted by Crippen LogP contribution is -2.00. The van der Waals surface area contributed by atoms with Crippen LogP contribution in [0.25, 0.3) is 0 Å². The van der Waals surface area contributed by atoms with Crippen molar-refractivity contribution in [2.75, 3.05) is 6.61 Å². The summed E-state index contributed by atoms with van der Waals surface area (Å²) in [5, 5.41) is 11.3. The maximum atomic E-state index is 10.4. The molecule has 1 aromatic heterocycles. The molecule has 0 radical (unpaired) electrons. The Kier molecular flexibility index (Phi) is 4.74. The zero-order valence-corrected chi connectivity index (χ0v) is 12.9. The number of hydrogen-bond donors (Lipinski definition) is 1. The fraction of sp³-hybridized carbons (Fsp3) is 0.286. The summed E-state index contributed by atoms with van der Waals surface area (Å²) < 4.78 is 5.37. The van der Waals surface area contributed by atoms with E-state index in [1.807, 2.05) is 26.0 Å². The molecule has 0 fully saturated rings. The summed E-state index contributed by atoms with van der Waals surface area (Å²) in [6, 6.07) is 7.17. The summed E-state index contributed by atoms with van der Waals surface area (Å²) in [7, 11) is 0. The Morgan fingerprint density at radius 2 is 2.00 bits per heavy atom. The molecule has 5 heteroatoms. The molecule has 102 valence electrons. The van der Waals surface area contributed by atoms with Gasteiger partial charge >= 0.3 is 0 Å². The smallest absolute Gasteiger partial charge is 0.139 e.